The summed E-state index contributed by atoms with van der Waals surface area (Å²) in [7, 11) is 0. The first-order valence-electron chi connectivity index (χ1n) is 10.3. The number of hydrogen-bond donors (Lipinski definition) is 2. The number of nitrogens with zero attached hydrogens (tertiary/aromatic N) is 4. The van der Waals surface area contributed by atoms with Crippen molar-refractivity contribution in [3.05, 3.63) is 53.0 Å². The molecule has 2 aromatic heterocycles. The molecule has 2 aliphatic heterocycles. The Hall–Kier alpha value is -3.00. The highest BCUT2D eigenvalue weighted by atomic mass is 16.3. The van der Waals surface area contributed by atoms with Crippen LogP contribution in [-0.2, 0) is 4.79 Å². The van der Waals surface area contributed by atoms with E-state index in [1.807, 2.05) is 18.0 Å². The largest absolute Gasteiger partial charge is 0.396 e. The molecule has 4 heterocycles. The average molecular weight is 409 g/mol. The number of aromatic nitrogens is 2. The zero-order valence-corrected chi connectivity index (χ0v) is 17.3. The smallest absolute Gasteiger partial charge is 0.255 e. The molecule has 2 saturated heterocycles. The average Bonchev–Trinajstić information content (AvgIpc) is 3.14. The van der Waals surface area contributed by atoms with E-state index in [-0.39, 0.29) is 24.3 Å². The summed E-state index contributed by atoms with van der Waals surface area (Å²) in [5, 5.41) is 12.2. The van der Waals surface area contributed by atoms with Crippen LogP contribution in [0.2, 0.25) is 0 Å². The summed E-state index contributed by atoms with van der Waals surface area (Å²) in [4.78, 5) is 37.9. The fraction of sp³-hybridized carbons (Fsp3) is 0.455. The van der Waals surface area contributed by atoms with Gasteiger partial charge in [-0.15, -0.1) is 0 Å². The van der Waals surface area contributed by atoms with Crippen molar-refractivity contribution in [3.8, 4) is 0 Å². The summed E-state index contributed by atoms with van der Waals surface area (Å²) in [6.07, 6.45) is 3.41. The van der Waals surface area contributed by atoms with E-state index in [4.69, 9.17) is 0 Å². The molecule has 0 saturated carbocycles. The van der Waals surface area contributed by atoms with Gasteiger partial charge in [0.1, 0.15) is 5.82 Å². The predicted octanol–water partition coefficient (Wildman–Crippen LogP) is 0.878. The second kappa shape index (κ2) is 8.39. The van der Waals surface area contributed by atoms with Crippen molar-refractivity contribution < 1.29 is 14.7 Å². The Balaban J connectivity index is 1.40. The molecule has 0 radical (unpaired) electrons. The van der Waals surface area contributed by atoms with Crippen molar-refractivity contribution in [2.45, 2.75) is 19.8 Å². The van der Waals surface area contributed by atoms with Crippen LogP contribution < -0.4 is 10.2 Å². The van der Waals surface area contributed by atoms with Crippen molar-refractivity contribution in [1.29, 1.82) is 0 Å². The Labute approximate surface area is 175 Å². The number of aliphatic hydroxyl groups excluding tert-OH is 1. The normalized spacial score (nSPS) is 21.6. The van der Waals surface area contributed by atoms with Gasteiger partial charge < -0.3 is 20.2 Å². The van der Waals surface area contributed by atoms with Crippen molar-refractivity contribution in [1.82, 2.24) is 20.2 Å². The number of rotatable bonds is 4. The number of aliphatic hydroxyl groups is 1. The minimum Gasteiger partial charge on any atom is -0.396 e. The van der Waals surface area contributed by atoms with Gasteiger partial charge >= 0.3 is 0 Å². The highest BCUT2D eigenvalue weighted by molar-refractivity contribution is 5.94. The maximum atomic E-state index is 12.9. The van der Waals surface area contributed by atoms with Crippen molar-refractivity contribution in [2.75, 3.05) is 44.2 Å². The minimum atomic E-state index is -0.465. The molecule has 2 aliphatic rings. The van der Waals surface area contributed by atoms with E-state index in [1.165, 1.54) is 6.20 Å². The Bertz CT molecular complexity index is 938. The topological polar surface area (TPSA) is 98.7 Å². The first kappa shape index (κ1) is 20.3. The van der Waals surface area contributed by atoms with E-state index in [0.717, 1.165) is 30.0 Å². The lowest BCUT2D eigenvalue weighted by atomic mass is 9.92. The van der Waals surface area contributed by atoms with E-state index < -0.39 is 5.92 Å². The Morgan fingerprint density at radius 1 is 1.17 bits per heavy atom. The number of carbonyl (C=O) groups is 2. The first-order valence-corrected chi connectivity index (χ1v) is 10.3. The molecule has 2 atom stereocenters. The molecular weight excluding hydrogens is 382 g/mol. The Kier molecular flexibility index (Phi) is 5.67. The molecule has 1 unspecified atom stereocenters. The third-order valence-electron chi connectivity index (χ3n) is 5.93. The van der Waals surface area contributed by atoms with Crippen LogP contribution in [0, 0.1) is 19.8 Å². The van der Waals surface area contributed by atoms with Crippen LogP contribution in [0.1, 0.15) is 33.1 Å². The number of amides is 2. The van der Waals surface area contributed by atoms with Gasteiger partial charge in [-0.05, 0) is 37.1 Å². The number of pyridine rings is 2. The van der Waals surface area contributed by atoms with Gasteiger partial charge in [-0.2, -0.15) is 0 Å². The van der Waals surface area contributed by atoms with E-state index in [0.29, 0.717) is 30.9 Å². The summed E-state index contributed by atoms with van der Waals surface area (Å²) >= 11 is 0. The molecular formula is C22H27N5O3. The lowest BCUT2D eigenvalue weighted by Crippen LogP contribution is -2.49. The van der Waals surface area contributed by atoms with Crippen LogP contribution in [-0.4, -0.2) is 71.1 Å². The highest BCUT2D eigenvalue weighted by Crippen LogP contribution is 2.27. The van der Waals surface area contributed by atoms with Crippen LogP contribution >= 0.6 is 0 Å². The second-order valence-corrected chi connectivity index (χ2v) is 8.07. The molecule has 2 N–H and O–H groups in total. The second-order valence-electron chi connectivity index (χ2n) is 8.07. The van der Waals surface area contributed by atoms with Gasteiger partial charge in [0.15, 0.2) is 0 Å². The summed E-state index contributed by atoms with van der Waals surface area (Å²) in [5.41, 5.74) is 3.38. The number of nitrogens with one attached hydrogen (secondary N) is 1. The van der Waals surface area contributed by atoms with Gasteiger partial charge in [0, 0.05) is 57.6 Å². The molecule has 0 bridgehead atoms. The minimum absolute atomic E-state index is 0.0585. The highest BCUT2D eigenvalue weighted by Gasteiger charge is 2.36. The molecule has 0 aliphatic carbocycles. The summed E-state index contributed by atoms with van der Waals surface area (Å²) < 4.78 is 0. The number of carbonyl (C=O) groups excluding carboxylic acids is 2. The van der Waals surface area contributed by atoms with E-state index in [2.05, 4.69) is 33.2 Å². The zero-order chi connectivity index (χ0) is 21.3. The lowest BCUT2D eigenvalue weighted by Gasteiger charge is -2.36. The quantitative estimate of drug-likeness (QED) is 0.778. The summed E-state index contributed by atoms with van der Waals surface area (Å²) in [6.45, 7) is 7.16. The number of piperazine rings is 1. The van der Waals surface area contributed by atoms with Crippen LogP contribution in [0.4, 0.5) is 5.82 Å². The molecule has 8 nitrogen and oxygen atoms in total. The molecule has 0 aromatic carbocycles. The fourth-order valence-electron chi connectivity index (χ4n) is 4.28. The van der Waals surface area contributed by atoms with E-state index in [9.17, 15) is 14.7 Å². The predicted molar refractivity (Wildman–Crippen MR) is 112 cm³/mol. The molecule has 158 valence electrons. The van der Waals surface area contributed by atoms with E-state index >= 15 is 0 Å². The van der Waals surface area contributed by atoms with Crippen molar-refractivity contribution in [3.63, 3.8) is 0 Å². The molecule has 2 aromatic rings. The number of aryl methyl sites for hydroxylation is 2. The third-order valence-corrected chi connectivity index (χ3v) is 5.93. The van der Waals surface area contributed by atoms with Gasteiger partial charge in [-0.3, -0.25) is 14.6 Å². The van der Waals surface area contributed by atoms with Gasteiger partial charge in [0.25, 0.3) is 5.91 Å². The molecule has 30 heavy (non-hydrogen) atoms. The lowest BCUT2D eigenvalue weighted by molar-refractivity contribution is -0.120. The van der Waals surface area contributed by atoms with Gasteiger partial charge in [0.2, 0.25) is 5.91 Å². The fourth-order valence-corrected chi connectivity index (χ4v) is 4.28. The van der Waals surface area contributed by atoms with Crippen molar-refractivity contribution >= 4 is 17.6 Å². The molecule has 8 heteroatoms. The standard InChI is InChI=1S/C22H27N5O3/c1-14-9-15(2)20(24-10-14)26-5-7-27(8-6-26)22(30)16-3-4-18(23-11-16)19-17(13-28)12-25-21(19)29/h3-4,9-11,17,19,28H,5-8,12-13H2,1-2H3,(H,25,29)/t17?,19-/m1/s1. The van der Waals surface area contributed by atoms with Crippen LogP contribution in [0.3, 0.4) is 0 Å². The zero-order valence-electron chi connectivity index (χ0n) is 17.3. The molecule has 0 spiro atoms. The van der Waals surface area contributed by atoms with Crippen LogP contribution in [0.5, 0.6) is 0 Å². The summed E-state index contributed by atoms with van der Waals surface area (Å²) in [6, 6.07) is 5.57. The monoisotopic (exact) mass is 409 g/mol. The van der Waals surface area contributed by atoms with Crippen molar-refractivity contribution in [2.24, 2.45) is 5.92 Å². The van der Waals surface area contributed by atoms with Gasteiger partial charge in [0.05, 0.1) is 17.2 Å². The molecule has 2 fully saturated rings. The first-order chi connectivity index (χ1) is 14.5. The third kappa shape index (κ3) is 3.87. The maximum Gasteiger partial charge on any atom is 0.255 e. The number of anilines is 1. The molecule has 2 amide bonds. The number of hydrogen-bond acceptors (Lipinski definition) is 6. The Morgan fingerprint density at radius 2 is 1.93 bits per heavy atom. The van der Waals surface area contributed by atoms with Gasteiger partial charge in [-0.25, -0.2) is 4.98 Å². The van der Waals surface area contributed by atoms with Crippen LogP contribution in [0.25, 0.3) is 0 Å². The Morgan fingerprint density at radius 3 is 2.57 bits per heavy atom. The van der Waals surface area contributed by atoms with E-state index in [1.54, 1.807) is 12.1 Å². The van der Waals surface area contributed by atoms with Crippen LogP contribution in [0.15, 0.2) is 30.6 Å². The molecule has 4 rings (SSSR count). The van der Waals surface area contributed by atoms with Gasteiger partial charge in [-0.1, -0.05) is 6.07 Å². The maximum absolute atomic E-state index is 12.9. The summed E-state index contributed by atoms with van der Waals surface area (Å²) in [5.74, 6) is 0.145. The SMILES string of the molecule is Cc1cnc(N2CCN(C(=O)c3ccc([C@@H]4C(=O)NCC4CO)nc3)CC2)c(C)c1.